The highest BCUT2D eigenvalue weighted by Gasteiger charge is 2.21. The molecule has 0 bridgehead atoms. The van der Waals surface area contributed by atoms with Crippen LogP contribution in [0.15, 0.2) is 30.3 Å². The van der Waals surface area contributed by atoms with Gasteiger partial charge in [0, 0.05) is 25.2 Å². The lowest BCUT2D eigenvalue weighted by Crippen LogP contribution is -2.38. The van der Waals surface area contributed by atoms with Crippen LogP contribution in [0.25, 0.3) is 5.69 Å². The molecule has 2 heterocycles. The second-order valence-electron chi connectivity index (χ2n) is 6.96. The van der Waals surface area contributed by atoms with E-state index in [0.29, 0.717) is 6.42 Å². The number of nitrogens with zero attached hydrogens (tertiary/aromatic N) is 3. The molecular formula is C20H27N3O. The van der Waals surface area contributed by atoms with Crippen molar-refractivity contribution in [3.63, 3.8) is 0 Å². The van der Waals surface area contributed by atoms with Gasteiger partial charge in [-0.25, -0.2) is 4.68 Å². The number of piperidine rings is 1. The molecule has 128 valence electrons. The van der Waals surface area contributed by atoms with Gasteiger partial charge >= 0.3 is 0 Å². The smallest absolute Gasteiger partial charge is 0.222 e. The number of para-hydroxylation sites is 1. The van der Waals surface area contributed by atoms with Crippen molar-refractivity contribution in [2.45, 2.75) is 46.5 Å². The molecule has 4 heteroatoms. The summed E-state index contributed by atoms with van der Waals surface area (Å²) in [4.78, 5) is 14.5. The van der Waals surface area contributed by atoms with Crippen LogP contribution in [0.3, 0.4) is 0 Å². The predicted octanol–water partition coefficient (Wildman–Crippen LogP) is 3.68. The third-order valence-electron chi connectivity index (χ3n) is 5.17. The van der Waals surface area contributed by atoms with E-state index in [1.165, 1.54) is 5.56 Å². The van der Waals surface area contributed by atoms with Crippen LogP contribution in [-0.2, 0) is 11.2 Å². The average molecular weight is 325 g/mol. The minimum Gasteiger partial charge on any atom is -0.343 e. The zero-order valence-electron chi connectivity index (χ0n) is 15.0. The van der Waals surface area contributed by atoms with E-state index >= 15 is 0 Å². The van der Waals surface area contributed by atoms with Crippen molar-refractivity contribution in [3.8, 4) is 5.69 Å². The van der Waals surface area contributed by atoms with E-state index in [-0.39, 0.29) is 5.91 Å². The van der Waals surface area contributed by atoms with Gasteiger partial charge in [-0.1, -0.05) is 25.1 Å². The lowest BCUT2D eigenvalue weighted by atomic mass is 9.98. The van der Waals surface area contributed by atoms with Crippen LogP contribution in [0.1, 0.15) is 43.1 Å². The number of hydrogen-bond donors (Lipinski definition) is 0. The van der Waals surface area contributed by atoms with E-state index in [0.717, 1.165) is 55.3 Å². The molecule has 0 spiro atoms. The highest BCUT2D eigenvalue weighted by molar-refractivity contribution is 5.76. The Morgan fingerprint density at radius 3 is 2.50 bits per heavy atom. The molecule has 4 nitrogen and oxygen atoms in total. The lowest BCUT2D eigenvalue weighted by molar-refractivity contribution is -0.132. The molecule has 0 N–H and O–H groups in total. The van der Waals surface area contributed by atoms with Gasteiger partial charge in [-0.3, -0.25) is 4.79 Å². The van der Waals surface area contributed by atoms with E-state index in [1.807, 2.05) is 34.7 Å². The summed E-state index contributed by atoms with van der Waals surface area (Å²) in [5.74, 6) is 1.04. The number of likely N-dealkylation sites (tertiary alicyclic amines) is 1. The van der Waals surface area contributed by atoms with Crippen LogP contribution < -0.4 is 0 Å². The van der Waals surface area contributed by atoms with Crippen molar-refractivity contribution in [2.24, 2.45) is 5.92 Å². The van der Waals surface area contributed by atoms with Crippen molar-refractivity contribution < 1.29 is 4.79 Å². The molecule has 24 heavy (non-hydrogen) atoms. The van der Waals surface area contributed by atoms with E-state index in [1.54, 1.807) is 0 Å². The molecule has 1 aromatic carbocycles. The first kappa shape index (κ1) is 16.7. The Kier molecular flexibility index (Phi) is 5.03. The molecule has 0 saturated carbocycles. The number of rotatable bonds is 4. The third-order valence-corrected chi connectivity index (χ3v) is 5.17. The monoisotopic (exact) mass is 325 g/mol. The van der Waals surface area contributed by atoms with Gasteiger partial charge in [0.1, 0.15) is 0 Å². The van der Waals surface area contributed by atoms with Crippen LogP contribution in [0.5, 0.6) is 0 Å². The topological polar surface area (TPSA) is 38.1 Å². The molecule has 0 atom stereocenters. The maximum Gasteiger partial charge on any atom is 0.222 e. The molecule has 1 aliphatic heterocycles. The SMILES string of the molecule is Cc1nn(-c2ccccc2)c(C)c1CCC(=O)N1CCC(C)CC1. The number of aryl methyl sites for hydroxylation is 1. The molecule has 1 aliphatic rings. The largest absolute Gasteiger partial charge is 0.343 e. The highest BCUT2D eigenvalue weighted by Crippen LogP contribution is 2.21. The normalized spacial score (nSPS) is 15.7. The Morgan fingerprint density at radius 2 is 1.83 bits per heavy atom. The number of amides is 1. The first-order chi connectivity index (χ1) is 11.6. The second-order valence-corrected chi connectivity index (χ2v) is 6.96. The maximum atomic E-state index is 12.5. The van der Waals surface area contributed by atoms with Gasteiger partial charge in [0.15, 0.2) is 0 Å². The fourth-order valence-corrected chi connectivity index (χ4v) is 3.51. The fraction of sp³-hybridized carbons (Fsp3) is 0.500. The standard InChI is InChI=1S/C20H27N3O/c1-15-11-13-22(14-12-15)20(24)10-9-19-16(2)21-23(17(19)3)18-7-5-4-6-8-18/h4-8,15H,9-14H2,1-3H3. The van der Waals surface area contributed by atoms with Crippen molar-refractivity contribution in [1.82, 2.24) is 14.7 Å². The average Bonchev–Trinajstić information content (AvgIpc) is 2.88. The number of aromatic nitrogens is 2. The van der Waals surface area contributed by atoms with Crippen molar-refractivity contribution in [1.29, 1.82) is 0 Å². The zero-order valence-corrected chi connectivity index (χ0v) is 15.0. The predicted molar refractivity (Wildman–Crippen MR) is 96.3 cm³/mol. The Hall–Kier alpha value is -2.10. The summed E-state index contributed by atoms with van der Waals surface area (Å²) >= 11 is 0. The summed E-state index contributed by atoms with van der Waals surface area (Å²) in [5.41, 5.74) is 4.44. The molecule has 1 saturated heterocycles. The summed E-state index contributed by atoms with van der Waals surface area (Å²) in [6, 6.07) is 10.2. The molecule has 0 unspecified atom stereocenters. The third kappa shape index (κ3) is 3.53. The first-order valence-corrected chi connectivity index (χ1v) is 8.94. The van der Waals surface area contributed by atoms with Crippen molar-refractivity contribution in [3.05, 3.63) is 47.3 Å². The quantitative estimate of drug-likeness (QED) is 0.860. The number of carbonyl (C=O) groups is 1. The fourth-order valence-electron chi connectivity index (χ4n) is 3.51. The molecule has 2 aromatic rings. The van der Waals surface area contributed by atoms with Crippen LogP contribution >= 0.6 is 0 Å². The Morgan fingerprint density at radius 1 is 1.17 bits per heavy atom. The van der Waals surface area contributed by atoms with Gasteiger partial charge in [-0.15, -0.1) is 0 Å². The minimum atomic E-state index is 0.285. The van der Waals surface area contributed by atoms with Gasteiger partial charge in [0.05, 0.1) is 11.4 Å². The van der Waals surface area contributed by atoms with E-state index in [9.17, 15) is 4.79 Å². The summed E-state index contributed by atoms with van der Waals surface area (Å²) < 4.78 is 1.98. The molecule has 3 rings (SSSR count). The van der Waals surface area contributed by atoms with Crippen LogP contribution in [-0.4, -0.2) is 33.7 Å². The summed E-state index contributed by atoms with van der Waals surface area (Å²) in [5, 5.41) is 4.67. The Bertz CT molecular complexity index is 697. The molecular weight excluding hydrogens is 298 g/mol. The van der Waals surface area contributed by atoms with E-state index in [4.69, 9.17) is 0 Å². The number of benzene rings is 1. The van der Waals surface area contributed by atoms with Crippen LogP contribution in [0, 0.1) is 19.8 Å². The molecule has 1 amide bonds. The highest BCUT2D eigenvalue weighted by atomic mass is 16.2. The van der Waals surface area contributed by atoms with Gasteiger partial charge < -0.3 is 4.90 Å². The van der Waals surface area contributed by atoms with Crippen LogP contribution in [0.2, 0.25) is 0 Å². The maximum absolute atomic E-state index is 12.5. The summed E-state index contributed by atoms with van der Waals surface area (Å²) in [6.07, 6.45) is 3.62. The molecule has 1 aromatic heterocycles. The second kappa shape index (κ2) is 7.20. The summed E-state index contributed by atoms with van der Waals surface area (Å²) in [7, 11) is 0. The number of carbonyl (C=O) groups excluding carboxylic acids is 1. The molecule has 0 radical (unpaired) electrons. The van der Waals surface area contributed by atoms with E-state index < -0.39 is 0 Å². The van der Waals surface area contributed by atoms with Gasteiger partial charge in [0.25, 0.3) is 0 Å². The first-order valence-electron chi connectivity index (χ1n) is 8.94. The van der Waals surface area contributed by atoms with Crippen LogP contribution in [0.4, 0.5) is 0 Å². The lowest BCUT2D eigenvalue weighted by Gasteiger charge is -2.30. The van der Waals surface area contributed by atoms with Gasteiger partial charge in [-0.05, 0) is 56.7 Å². The Labute approximate surface area is 144 Å². The minimum absolute atomic E-state index is 0.285. The molecule has 1 fully saturated rings. The van der Waals surface area contributed by atoms with E-state index in [2.05, 4.69) is 31.1 Å². The van der Waals surface area contributed by atoms with Gasteiger partial charge in [0.2, 0.25) is 5.91 Å². The van der Waals surface area contributed by atoms with Crippen molar-refractivity contribution >= 4 is 5.91 Å². The molecule has 0 aliphatic carbocycles. The van der Waals surface area contributed by atoms with Gasteiger partial charge in [-0.2, -0.15) is 5.10 Å². The Balaban J connectivity index is 1.68. The zero-order chi connectivity index (χ0) is 17.1. The van der Waals surface area contributed by atoms with Crippen molar-refractivity contribution in [2.75, 3.05) is 13.1 Å². The number of hydrogen-bond acceptors (Lipinski definition) is 2. The summed E-state index contributed by atoms with van der Waals surface area (Å²) in [6.45, 7) is 8.24.